The number of benzene rings is 1. The van der Waals surface area contributed by atoms with Crippen LogP contribution in [-0.4, -0.2) is 21.1 Å². The summed E-state index contributed by atoms with van der Waals surface area (Å²) in [6.07, 6.45) is 7.85. The third-order valence-corrected chi connectivity index (χ3v) is 5.03. The first-order valence-corrected chi connectivity index (χ1v) is 9.32. The van der Waals surface area contributed by atoms with Crippen LogP contribution in [0.5, 0.6) is 0 Å². The van der Waals surface area contributed by atoms with Crippen molar-refractivity contribution >= 4 is 29.0 Å². The zero-order valence-corrected chi connectivity index (χ0v) is 15.4. The predicted octanol–water partition coefficient (Wildman–Crippen LogP) is 4.66. The number of allylic oxidation sites excluding steroid dienone is 1. The summed E-state index contributed by atoms with van der Waals surface area (Å²) in [4.78, 5) is 29.9. The second-order valence-electron chi connectivity index (χ2n) is 6.12. The molecule has 3 aromatic rings. The van der Waals surface area contributed by atoms with Crippen molar-refractivity contribution in [3.05, 3.63) is 82.6 Å². The summed E-state index contributed by atoms with van der Waals surface area (Å²) >= 11 is 1.43. The van der Waals surface area contributed by atoms with Crippen molar-refractivity contribution in [2.45, 2.75) is 12.8 Å². The molecule has 0 fully saturated rings. The number of thiophene rings is 1. The van der Waals surface area contributed by atoms with E-state index in [-0.39, 0.29) is 23.9 Å². The molecule has 0 N–H and O–H groups in total. The van der Waals surface area contributed by atoms with Crippen LogP contribution in [0.3, 0.4) is 0 Å². The van der Waals surface area contributed by atoms with Gasteiger partial charge in [-0.2, -0.15) is 0 Å². The van der Waals surface area contributed by atoms with Gasteiger partial charge in [0.15, 0.2) is 17.4 Å². The maximum Gasteiger partial charge on any atom is 0.198 e. The van der Waals surface area contributed by atoms with Crippen molar-refractivity contribution in [1.29, 1.82) is 0 Å². The van der Waals surface area contributed by atoms with E-state index >= 15 is 0 Å². The van der Waals surface area contributed by atoms with Crippen molar-refractivity contribution in [2.75, 3.05) is 0 Å². The van der Waals surface area contributed by atoms with Gasteiger partial charge in [-0.15, -0.1) is 11.3 Å². The third kappa shape index (κ3) is 4.64. The van der Waals surface area contributed by atoms with E-state index in [1.807, 2.05) is 60.0 Å². The molecule has 26 heavy (non-hydrogen) atoms. The van der Waals surface area contributed by atoms with Crippen molar-refractivity contribution in [3.8, 4) is 0 Å². The molecule has 1 aromatic carbocycles. The molecule has 1 atom stereocenters. The van der Waals surface area contributed by atoms with Gasteiger partial charge in [0.2, 0.25) is 0 Å². The fourth-order valence-electron chi connectivity index (χ4n) is 2.76. The maximum absolute atomic E-state index is 12.6. The van der Waals surface area contributed by atoms with E-state index in [0.717, 1.165) is 10.4 Å². The first-order valence-electron chi connectivity index (χ1n) is 8.44. The van der Waals surface area contributed by atoms with Gasteiger partial charge >= 0.3 is 0 Å². The van der Waals surface area contributed by atoms with Gasteiger partial charge in [0.25, 0.3) is 0 Å². The van der Waals surface area contributed by atoms with Crippen LogP contribution in [0.1, 0.15) is 38.7 Å². The van der Waals surface area contributed by atoms with E-state index in [1.165, 1.54) is 11.3 Å². The number of nitrogens with zero attached hydrogens (tertiary/aromatic N) is 2. The highest BCUT2D eigenvalue weighted by Gasteiger charge is 2.20. The molecular formula is C21H20N2O2S. The molecule has 0 aliphatic heterocycles. The fraction of sp³-hybridized carbons (Fsp3) is 0.190. The minimum atomic E-state index is -0.172. The molecule has 0 saturated heterocycles. The lowest BCUT2D eigenvalue weighted by Crippen LogP contribution is -2.14. The molecule has 0 amide bonds. The highest BCUT2D eigenvalue weighted by molar-refractivity contribution is 7.12. The Hall–Kier alpha value is -2.79. The smallest absolute Gasteiger partial charge is 0.198 e. The topological polar surface area (TPSA) is 52.0 Å². The van der Waals surface area contributed by atoms with Gasteiger partial charge in [-0.3, -0.25) is 9.59 Å². The third-order valence-electron chi connectivity index (χ3n) is 4.12. The van der Waals surface area contributed by atoms with Crippen molar-refractivity contribution in [3.63, 3.8) is 0 Å². The summed E-state index contributed by atoms with van der Waals surface area (Å²) < 4.78 is 1.71. The first-order chi connectivity index (χ1) is 12.6. The van der Waals surface area contributed by atoms with Crippen LogP contribution in [0.2, 0.25) is 0 Å². The Morgan fingerprint density at radius 1 is 1.12 bits per heavy atom. The van der Waals surface area contributed by atoms with E-state index in [2.05, 4.69) is 4.98 Å². The van der Waals surface area contributed by atoms with Gasteiger partial charge in [0, 0.05) is 32.3 Å². The van der Waals surface area contributed by atoms with Crippen LogP contribution in [-0.2, 0) is 7.05 Å². The summed E-state index contributed by atoms with van der Waals surface area (Å²) in [6.45, 7) is 0. The monoisotopic (exact) mass is 364 g/mol. The molecule has 0 spiro atoms. The number of imidazole rings is 1. The van der Waals surface area contributed by atoms with Crippen molar-refractivity contribution in [1.82, 2.24) is 9.55 Å². The van der Waals surface area contributed by atoms with Crippen LogP contribution < -0.4 is 0 Å². The molecule has 2 aromatic heterocycles. The quantitative estimate of drug-likeness (QED) is 0.546. The number of aromatic nitrogens is 2. The Labute approximate surface area is 156 Å². The summed E-state index contributed by atoms with van der Waals surface area (Å²) in [5, 5.41) is 1.89. The number of ketones is 2. The van der Waals surface area contributed by atoms with Gasteiger partial charge in [-0.1, -0.05) is 48.6 Å². The number of hydrogen-bond acceptors (Lipinski definition) is 4. The zero-order chi connectivity index (χ0) is 18.4. The second-order valence-corrected chi connectivity index (χ2v) is 7.07. The minimum Gasteiger partial charge on any atom is -0.332 e. The zero-order valence-electron chi connectivity index (χ0n) is 14.5. The SMILES string of the molecule is Cn1ccnc1C(=O)C[C@H](/C=C/c1ccccc1)CC(=O)c1cccs1. The number of carbonyl (C=O) groups is 2. The van der Waals surface area contributed by atoms with E-state index < -0.39 is 0 Å². The molecule has 0 aliphatic carbocycles. The molecule has 0 aliphatic rings. The Bertz CT molecular complexity index is 895. The Morgan fingerprint density at radius 3 is 2.54 bits per heavy atom. The molecule has 4 nitrogen and oxygen atoms in total. The minimum absolute atomic E-state index is 0.0563. The van der Waals surface area contributed by atoms with Crippen LogP contribution in [0.15, 0.2) is 66.3 Å². The second kappa shape index (κ2) is 8.54. The van der Waals surface area contributed by atoms with E-state index in [9.17, 15) is 9.59 Å². The number of hydrogen-bond donors (Lipinski definition) is 0. The molecule has 5 heteroatoms. The fourth-order valence-corrected chi connectivity index (χ4v) is 3.43. The summed E-state index contributed by atoms with van der Waals surface area (Å²) in [5.74, 6) is 0.259. The Morgan fingerprint density at radius 2 is 1.88 bits per heavy atom. The van der Waals surface area contributed by atoms with Crippen molar-refractivity contribution < 1.29 is 9.59 Å². The van der Waals surface area contributed by atoms with Crippen LogP contribution in [0.25, 0.3) is 6.08 Å². The van der Waals surface area contributed by atoms with Gasteiger partial charge in [0.1, 0.15) is 0 Å². The molecule has 0 unspecified atom stereocenters. The highest BCUT2D eigenvalue weighted by atomic mass is 32.1. The van der Waals surface area contributed by atoms with Gasteiger partial charge in [0.05, 0.1) is 4.88 Å². The highest BCUT2D eigenvalue weighted by Crippen LogP contribution is 2.21. The standard InChI is InChI=1S/C21H20N2O2S/c1-23-12-11-22-21(23)19(25)15-17(10-9-16-6-3-2-4-7-16)14-18(24)20-8-5-13-26-20/h2-13,17H,14-15H2,1H3/b10-9+/t17-/m1/s1. The average Bonchev–Trinajstić information content (AvgIpc) is 3.32. The Balaban J connectivity index is 1.76. The van der Waals surface area contributed by atoms with Gasteiger partial charge in [-0.05, 0) is 22.9 Å². The molecule has 0 bridgehead atoms. The molecule has 0 saturated carbocycles. The summed E-state index contributed by atoms with van der Waals surface area (Å²) in [7, 11) is 1.80. The van der Waals surface area contributed by atoms with Crippen LogP contribution >= 0.6 is 11.3 Å². The van der Waals surface area contributed by atoms with Crippen LogP contribution in [0.4, 0.5) is 0 Å². The summed E-state index contributed by atoms with van der Waals surface area (Å²) in [5.41, 5.74) is 1.05. The normalized spacial score (nSPS) is 12.3. The Kier molecular flexibility index (Phi) is 5.92. The van der Waals surface area contributed by atoms with Gasteiger partial charge in [-0.25, -0.2) is 4.98 Å². The summed E-state index contributed by atoms with van der Waals surface area (Å²) in [6, 6.07) is 13.6. The largest absolute Gasteiger partial charge is 0.332 e. The lowest BCUT2D eigenvalue weighted by molar-refractivity contribution is 0.0931. The number of rotatable bonds is 8. The molecule has 2 heterocycles. The molecule has 132 valence electrons. The maximum atomic E-state index is 12.6. The molecule has 3 rings (SSSR count). The molecule has 0 radical (unpaired) electrons. The predicted molar refractivity (Wildman–Crippen MR) is 104 cm³/mol. The lowest BCUT2D eigenvalue weighted by Gasteiger charge is -2.11. The van der Waals surface area contributed by atoms with E-state index in [1.54, 1.807) is 24.0 Å². The number of Topliss-reactive ketones (excluding diaryl/α,β-unsaturated/α-hetero) is 2. The molecular weight excluding hydrogens is 344 g/mol. The first kappa shape index (κ1) is 18.0. The average molecular weight is 364 g/mol. The number of aryl methyl sites for hydroxylation is 1. The van der Waals surface area contributed by atoms with E-state index in [0.29, 0.717) is 12.2 Å². The van der Waals surface area contributed by atoms with Crippen LogP contribution in [0, 0.1) is 5.92 Å². The number of carbonyl (C=O) groups excluding carboxylic acids is 2. The van der Waals surface area contributed by atoms with Crippen molar-refractivity contribution in [2.24, 2.45) is 13.0 Å². The van der Waals surface area contributed by atoms with Gasteiger partial charge < -0.3 is 4.57 Å². The van der Waals surface area contributed by atoms with E-state index in [4.69, 9.17) is 0 Å². The lowest BCUT2D eigenvalue weighted by atomic mass is 9.94.